The Morgan fingerprint density at radius 2 is 1.94 bits per heavy atom. The van der Waals surface area contributed by atoms with Crippen molar-refractivity contribution in [3.63, 3.8) is 0 Å². The molecule has 0 spiro atoms. The second-order valence-electron chi connectivity index (χ2n) is 9.57. The van der Waals surface area contributed by atoms with Crippen LogP contribution in [0.1, 0.15) is 40.5 Å². The van der Waals surface area contributed by atoms with Gasteiger partial charge in [0.25, 0.3) is 0 Å². The van der Waals surface area contributed by atoms with Gasteiger partial charge in [0.2, 0.25) is 5.95 Å². The number of ether oxygens (including phenoxy) is 1. The van der Waals surface area contributed by atoms with E-state index < -0.39 is 11.7 Å². The van der Waals surface area contributed by atoms with Crippen LogP contribution in [-0.4, -0.2) is 44.7 Å². The Bertz CT molecular complexity index is 1200. The molecule has 0 aliphatic carbocycles. The highest BCUT2D eigenvalue weighted by Crippen LogP contribution is 2.39. The Morgan fingerprint density at radius 3 is 2.61 bits per heavy atom. The molecule has 33 heavy (non-hydrogen) atoms. The standard InChI is InChI=1S/C23H28Cl2N6O2/c1-22(2,3)33-21(32)29-23(4)8-11-30(12-9-23)20-28-18(26)16(19-27-10-13-31(19)20)14-6-5-7-15(24)17(14)25/h5-7,10,13H,8-9,11-12,26H2,1-4H3,(H,29,32). The average molecular weight is 491 g/mol. The lowest BCUT2D eigenvalue weighted by molar-refractivity contribution is 0.0448. The molecule has 1 amide bonds. The van der Waals surface area contributed by atoms with E-state index in [2.05, 4.69) is 15.2 Å². The minimum atomic E-state index is -0.538. The zero-order valence-electron chi connectivity index (χ0n) is 19.2. The van der Waals surface area contributed by atoms with Crippen molar-refractivity contribution in [1.29, 1.82) is 0 Å². The van der Waals surface area contributed by atoms with Crippen molar-refractivity contribution in [3.05, 3.63) is 40.6 Å². The largest absolute Gasteiger partial charge is 0.444 e. The fraction of sp³-hybridized carbons (Fsp3) is 0.435. The number of nitrogens with two attached hydrogens (primary N) is 1. The number of nitrogens with zero attached hydrogens (tertiary/aromatic N) is 4. The lowest BCUT2D eigenvalue weighted by Crippen LogP contribution is -2.54. The number of fused-ring (bicyclic) bond motifs is 1. The average Bonchev–Trinajstić information content (AvgIpc) is 3.18. The topological polar surface area (TPSA) is 97.8 Å². The van der Waals surface area contributed by atoms with E-state index in [9.17, 15) is 4.79 Å². The molecule has 1 aliphatic rings. The van der Waals surface area contributed by atoms with Gasteiger partial charge in [-0.3, -0.25) is 4.40 Å². The molecule has 176 valence electrons. The number of nitrogens with one attached hydrogen (secondary N) is 1. The Kier molecular flexibility index (Phi) is 6.09. The SMILES string of the molecule is CC1(NC(=O)OC(C)(C)C)CCN(c2nc(N)c(-c3cccc(Cl)c3Cl)c3nccn23)CC1. The summed E-state index contributed by atoms with van der Waals surface area (Å²) >= 11 is 12.7. The van der Waals surface area contributed by atoms with Crippen LogP contribution in [0.15, 0.2) is 30.6 Å². The van der Waals surface area contributed by atoms with Gasteiger partial charge in [-0.25, -0.2) is 9.78 Å². The molecule has 0 unspecified atom stereocenters. The molecule has 8 nitrogen and oxygen atoms in total. The highest BCUT2D eigenvalue weighted by Gasteiger charge is 2.34. The molecule has 1 fully saturated rings. The summed E-state index contributed by atoms with van der Waals surface area (Å²) < 4.78 is 7.34. The summed E-state index contributed by atoms with van der Waals surface area (Å²) in [6.45, 7) is 8.96. The predicted octanol–water partition coefficient (Wildman–Crippen LogP) is 5.17. The van der Waals surface area contributed by atoms with Gasteiger partial charge in [-0.2, -0.15) is 4.98 Å². The third-order valence-electron chi connectivity index (χ3n) is 5.73. The van der Waals surface area contributed by atoms with Crippen LogP contribution in [0, 0.1) is 0 Å². The number of hydrogen-bond donors (Lipinski definition) is 2. The van der Waals surface area contributed by atoms with Crippen LogP contribution in [0.4, 0.5) is 16.6 Å². The van der Waals surface area contributed by atoms with Gasteiger partial charge in [0, 0.05) is 36.6 Å². The number of aromatic nitrogens is 3. The minimum absolute atomic E-state index is 0.327. The van der Waals surface area contributed by atoms with Crippen molar-refractivity contribution >= 4 is 46.7 Å². The van der Waals surface area contributed by atoms with Crippen LogP contribution in [0.3, 0.4) is 0 Å². The first-order valence-corrected chi connectivity index (χ1v) is 11.6. The number of anilines is 2. The quantitative estimate of drug-likeness (QED) is 0.525. The van der Waals surface area contributed by atoms with Crippen molar-refractivity contribution in [2.45, 2.75) is 51.7 Å². The first-order valence-electron chi connectivity index (χ1n) is 10.8. The Balaban J connectivity index is 1.59. The van der Waals surface area contributed by atoms with E-state index in [1.165, 1.54) is 0 Å². The monoisotopic (exact) mass is 490 g/mol. The molecular weight excluding hydrogens is 463 g/mol. The third-order valence-corrected chi connectivity index (χ3v) is 6.55. The lowest BCUT2D eigenvalue weighted by Gasteiger charge is -2.40. The van der Waals surface area contributed by atoms with Crippen molar-refractivity contribution < 1.29 is 9.53 Å². The summed E-state index contributed by atoms with van der Waals surface area (Å²) in [5.41, 5.74) is 7.49. The number of imidazole rings is 1. The van der Waals surface area contributed by atoms with Crippen molar-refractivity contribution in [2.75, 3.05) is 23.7 Å². The van der Waals surface area contributed by atoms with Crippen molar-refractivity contribution in [3.8, 4) is 11.1 Å². The first-order chi connectivity index (χ1) is 15.5. The van der Waals surface area contributed by atoms with E-state index >= 15 is 0 Å². The number of carbonyl (C=O) groups is 1. The van der Waals surface area contributed by atoms with Gasteiger partial charge < -0.3 is 20.7 Å². The number of alkyl carbamates (subject to hydrolysis) is 1. The second kappa shape index (κ2) is 8.57. The molecular formula is C23H28Cl2N6O2. The predicted molar refractivity (Wildman–Crippen MR) is 132 cm³/mol. The third kappa shape index (κ3) is 4.82. The number of halogens is 2. The van der Waals surface area contributed by atoms with Crippen LogP contribution in [0.2, 0.25) is 10.0 Å². The van der Waals surface area contributed by atoms with E-state index in [4.69, 9.17) is 38.7 Å². The number of benzene rings is 1. The maximum atomic E-state index is 12.3. The summed E-state index contributed by atoms with van der Waals surface area (Å²) in [7, 11) is 0. The highest BCUT2D eigenvalue weighted by molar-refractivity contribution is 6.44. The maximum Gasteiger partial charge on any atom is 0.408 e. The smallest absolute Gasteiger partial charge is 0.408 e. The molecule has 3 aromatic rings. The van der Waals surface area contributed by atoms with E-state index in [1.54, 1.807) is 12.3 Å². The zero-order chi connectivity index (χ0) is 24.0. The Morgan fingerprint density at radius 1 is 1.24 bits per heavy atom. The van der Waals surface area contributed by atoms with Gasteiger partial charge in [0.1, 0.15) is 11.4 Å². The summed E-state index contributed by atoms with van der Waals surface area (Å²) in [4.78, 5) is 23.7. The first kappa shape index (κ1) is 23.4. The molecule has 0 atom stereocenters. The van der Waals surface area contributed by atoms with E-state index in [1.807, 2.05) is 50.4 Å². The fourth-order valence-electron chi connectivity index (χ4n) is 4.04. The lowest BCUT2D eigenvalue weighted by atomic mass is 9.90. The molecule has 0 saturated carbocycles. The van der Waals surface area contributed by atoms with Gasteiger partial charge in [-0.15, -0.1) is 0 Å². The van der Waals surface area contributed by atoms with Crippen LogP contribution >= 0.6 is 23.2 Å². The van der Waals surface area contributed by atoms with Gasteiger partial charge >= 0.3 is 6.09 Å². The number of piperidine rings is 1. The number of rotatable bonds is 3. The van der Waals surface area contributed by atoms with Crippen molar-refractivity contribution in [2.24, 2.45) is 0 Å². The maximum absolute atomic E-state index is 12.3. The van der Waals surface area contributed by atoms with Gasteiger partial charge in [-0.05, 0) is 46.6 Å². The number of carbonyl (C=O) groups excluding carboxylic acids is 1. The number of nitrogen functional groups attached to an aromatic ring is 1. The number of amides is 1. The van der Waals surface area contributed by atoms with Gasteiger partial charge in [0.05, 0.1) is 15.6 Å². The number of hydrogen-bond acceptors (Lipinski definition) is 6. The van der Waals surface area contributed by atoms with Crippen molar-refractivity contribution in [1.82, 2.24) is 19.7 Å². The van der Waals surface area contributed by atoms with Crippen LogP contribution < -0.4 is 16.0 Å². The summed E-state index contributed by atoms with van der Waals surface area (Å²) in [5.74, 6) is 1.02. The van der Waals surface area contributed by atoms with E-state index in [0.717, 1.165) is 12.8 Å². The summed E-state index contributed by atoms with van der Waals surface area (Å²) in [6, 6.07) is 5.40. The molecule has 1 aromatic carbocycles. The highest BCUT2D eigenvalue weighted by atomic mass is 35.5. The normalized spacial score (nSPS) is 16.1. The molecule has 3 N–H and O–H groups in total. The molecule has 0 radical (unpaired) electrons. The fourth-order valence-corrected chi connectivity index (χ4v) is 4.43. The van der Waals surface area contributed by atoms with E-state index in [0.29, 0.717) is 51.7 Å². The molecule has 0 bridgehead atoms. The van der Waals surface area contributed by atoms with E-state index in [-0.39, 0.29) is 5.54 Å². The Hall–Kier alpha value is -2.71. The molecule has 1 aliphatic heterocycles. The van der Waals surface area contributed by atoms with Gasteiger partial charge in [0.15, 0.2) is 5.65 Å². The van der Waals surface area contributed by atoms with Crippen LogP contribution in [0.25, 0.3) is 16.8 Å². The molecule has 3 heterocycles. The molecule has 4 rings (SSSR count). The summed E-state index contributed by atoms with van der Waals surface area (Å²) in [6.07, 6.45) is 4.62. The molecule has 2 aromatic heterocycles. The van der Waals surface area contributed by atoms with Crippen LogP contribution in [-0.2, 0) is 4.74 Å². The second-order valence-corrected chi connectivity index (χ2v) is 10.4. The molecule has 10 heteroatoms. The van der Waals surface area contributed by atoms with Crippen LogP contribution in [0.5, 0.6) is 0 Å². The van der Waals surface area contributed by atoms with Gasteiger partial charge in [-0.1, -0.05) is 35.3 Å². The minimum Gasteiger partial charge on any atom is -0.444 e. The zero-order valence-corrected chi connectivity index (χ0v) is 20.7. The Labute approximate surface area is 203 Å². The molecule has 1 saturated heterocycles. The summed E-state index contributed by atoms with van der Waals surface area (Å²) in [5, 5.41) is 3.88.